The molecule has 0 unspecified atom stereocenters. The Kier molecular flexibility index (Phi) is 4.44. The Balaban J connectivity index is 1.87. The molecule has 0 radical (unpaired) electrons. The molecule has 1 aromatic heterocycles. The molecule has 4 rings (SSSR count). The maximum atomic E-state index is 12.5. The predicted octanol–water partition coefficient (Wildman–Crippen LogP) is 4.70. The average Bonchev–Trinajstić information content (AvgIpc) is 3.03. The van der Waals surface area contributed by atoms with Gasteiger partial charge in [0.05, 0.1) is 23.7 Å². The highest BCUT2D eigenvalue weighted by Gasteiger charge is 2.32. The summed E-state index contributed by atoms with van der Waals surface area (Å²) < 4.78 is 7.82. The van der Waals surface area contributed by atoms with Gasteiger partial charge in [0.15, 0.2) is 5.78 Å². The SMILES string of the molecule is CCCOc1ccc([C@@H]2C(C(C)=O)=C(C)Nc3nc4ccccc4n32)cc1. The van der Waals surface area contributed by atoms with Gasteiger partial charge in [-0.2, -0.15) is 0 Å². The van der Waals surface area contributed by atoms with Gasteiger partial charge in [0.2, 0.25) is 5.95 Å². The fraction of sp³-hybridized carbons (Fsp3) is 0.273. The number of benzene rings is 2. The number of para-hydroxylation sites is 2. The lowest BCUT2D eigenvalue weighted by atomic mass is 9.92. The van der Waals surface area contributed by atoms with Crippen molar-refractivity contribution in [3.63, 3.8) is 0 Å². The molecular formula is C22H23N3O2. The fourth-order valence-corrected chi connectivity index (χ4v) is 3.70. The van der Waals surface area contributed by atoms with Gasteiger partial charge in [0, 0.05) is 11.3 Å². The first kappa shape index (κ1) is 17.3. The number of ether oxygens (including phenoxy) is 1. The minimum Gasteiger partial charge on any atom is -0.494 e. The molecule has 0 spiro atoms. The van der Waals surface area contributed by atoms with Crippen molar-refractivity contribution in [1.82, 2.24) is 9.55 Å². The van der Waals surface area contributed by atoms with Gasteiger partial charge in [-0.05, 0) is 50.1 Å². The number of nitrogens with zero attached hydrogens (tertiary/aromatic N) is 2. The molecule has 2 heterocycles. The lowest BCUT2D eigenvalue weighted by Gasteiger charge is -2.30. The van der Waals surface area contributed by atoms with E-state index in [1.54, 1.807) is 6.92 Å². The van der Waals surface area contributed by atoms with E-state index in [-0.39, 0.29) is 11.8 Å². The molecular weight excluding hydrogens is 338 g/mol. The standard InChI is InChI=1S/C22H23N3O2/c1-4-13-27-17-11-9-16(10-12-17)21-20(15(3)26)14(2)23-22-24-18-7-5-6-8-19(18)25(21)22/h5-12,21H,4,13H2,1-3H3,(H,23,24)/t21-/m1/s1. The molecule has 0 fully saturated rings. The maximum absolute atomic E-state index is 12.5. The molecule has 3 aromatic rings. The van der Waals surface area contributed by atoms with E-state index in [9.17, 15) is 4.79 Å². The molecule has 0 saturated carbocycles. The van der Waals surface area contributed by atoms with Gasteiger partial charge in [-0.25, -0.2) is 4.98 Å². The summed E-state index contributed by atoms with van der Waals surface area (Å²) in [7, 11) is 0. The second-order valence-electron chi connectivity index (χ2n) is 6.83. The van der Waals surface area contributed by atoms with Crippen LogP contribution < -0.4 is 10.1 Å². The molecule has 27 heavy (non-hydrogen) atoms. The Morgan fingerprint density at radius 1 is 1.19 bits per heavy atom. The summed E-state index contributed by atoms with van der Waals surface area (Å²) in [5, 5.41) is 3.31. The molecule has 0 amide bonds. The second kappa shape index (κ2) is 6.91. The molecule has 2 aromatic carbocycles. The van der Waals surface area contributed by atoms with Crippen LogP contribution in [0.2, 0.25) is 0 Å². The zero-order valence-electron chi connectivity index (χ0n) is 15.8. The summed E-state index contributed by atoms with van der Waals surface area (Å²) >= 11 is 0. The number of allylic oxidation sites excluding steroid dienone is 2. The van der Waals surface area contributed by atoms with Gasteiger partial charge >= 0.3 is 0 Å². The summed E-state index contributed by atoms with van der Waals surface area (Å²) in [4.78, 5) is 17.2. The zero-order chi connectivity index (χ0) is 19.0. The average molecular weight is 361 g/mol. The number of carbonyl (C=O) groups excluding carboxylic acids is 1. The third-order valence-corrected chi connectivity index (χ3v) is 4.88. The largest absolute Gasteiger partial charge is 0.494 e. The van der Waals surface area contributed by atoms with Gasteiger partial charge < -0.3 is 10.1 Å². The predicted molar refractivity (Wildman–Crippen MR) is 107 cm³/mol. The van der Waals surface area contributed by atoms with Crippen LogP contribution in [0.3, 0.4) is 0 Å². The van der Waals surface area contributed by atoms with Crippen LogP contribution in [0.4, 0.5) is 5.95 Å². The summed E-state index contributed by atoms with van der Waals surface area (Å²) in [5.41, 5.74) is 4.55. The first-order chi connectivity index (χ1) is 13.1. The van der Waals surface area contributed by atoms with Gasteiger partial charge in [0.1, 0.15) is 5.75 Å². The van der Waals surface area contributed by atoms with E-state index >= 15 is 0 Å². The Morgan fingerprint density at radius 2 is 1.93 bits per heavy atom. The highest BCUT2D eigenvalue weighted by Crippen LogP contribution is 2.39. The van der Waals surface area contributed by atoms with Crippen molar-refractivity contribution < 1.29 is 9.53 Å². The number of nitrogens with one attached hydrogen (secondary N) is 1. The minimum atomic E-state index is -0.216. The molecule has 5 heteroatoms. The number of aromatic nitrogens is 2. The Hall–Kier alpha value is -3.08. The lowest BCUT2D eigenvalue weighted by Crippen LogP contribution is -2.26. The monoisotopic (exact) mass is 361 g/mol. The van der Waals surface area contributed by atoms with E-state index in [4.69, 9.17) is 9.72 Å². The number of carbonyl (C=O) groups is 1. The third-order valence-electron chi connectivity index (χ3n) is 4.88. The smallest absolute Gasteiger partial charge is 0.209 e. The first-order valence-corrected chi connectivity index (χ1v) is 9.28. The van der Waals surface area contributed by atoms with E-state index in [0.29, 0.717) is 6.61 Å². The van der Waals surface area contributed by atoms with Crippen LogP contribution in [-0.4, -0.2) is 21.9 Å². The first-order valence-electron chi connectivity index (χ1n) is 9.28. The highest BCUT2D eigenvalue weighted by molar-refractivity contribution is 5.97. The van der Waals surface area contributed by atoms with Gasteiger partial charge in [-0.1, -0.05) is 31.2 Å². The number of imidazole rings is 1. The van der Waals surface area contributed by atoms with E-state index in [2.05, 4.69) is 16.8 Å². The number of Topliss-reactive ketones (excluding diaryl/α,β-unsaturated/α-hetero) is 1. The van der Waals surface area contributed by atoms with Crippen molar-refractivity contribution in [3.05, 3.63) is 65.4 Å². The quantitative estimate of drug-likeness (QED) is 0.715. The van der Waals surface area contributed by atoms with Crippen LogP contribution in [0.5, 0.6) is 5.75 Å². The molecule has 0 aliphatic carbocycles. The van der Waals surface area contributed by atoms with Crippen LogP contribution in [-0.2, 0) is 4.79 Å². The second-order valence-corrected chi connectivity index (χ2v) is 6.83. The Labute approximate surface area is 158 Å². The van der Waals surface area contributed by atoms with Crippen molar-refractivity contribution >= 4 is 22.8 Å². The number of hydrogen-bond acceptors (Lipinski definition) is 4. The zero-order valence-corrected chi connectivity index (χ0v) is 15.8. The molecule has 1 aliphatic heterocycles. The molecule has 1 N–H and O–H groups in total. The fourth-order valence-electron chi connectivity index (χ4n) is 3.70. The van der Waals surface area contributed by atoms with Crippen LogP contribution in [0.1, 0.15) is 38.8 Å². The molecule has 1 aliphatic rings. The van der Waals surface area contributed by atoms with Crippen molar-refractivity contribution in [2.45, 2.75) is 33.2 Å². The van der Waals surface area contributed by atoms with Crippen LogP contribution in [0.15, 0.2) is 59.8 Å². The number of fused-ring (bicyclic) bond motifs is 3. The summed E-state index contributed by atoms with van der Waals surface area (Å²) in [6.07, 6.45) is 0.969. The van der Waals surface area contributed by atoms with Crippen LogP contribution >= 0.6 is 0 Å². The van der Waals surface area contributed by atoms with Crippen molar-refractivity contribution in [3.8, 4) is 5.75 Å². The molecule has 138 valence electrons. The normalized spacial score (nSPS) is 16.2. The highest BCUT2D eigenvalue weighted by atomic mass is 16.5. The number of ketones is 1. The summed E-state index contributed by atoms with van der Waals surface area (Å²) in [6, 6.07) is 15.8. The number of anilines is 1. The van der Waals surface area contributed by atoms with E-state index in [0.717, 1.165) is 46.0 Å². The van der Waals surface area contributed by atoms with Gasteiger partial charge in [-0.15, -0.1) is 0 Å². The summed E-state index contributed by atoms with van der Waals surface area (Å²) in [5.74, 6) is 1.66. The van der Waals surface area contributed by atoms with Crippen molar-refractivity contribution in [1.29, 1.82) is 0 Å². The Bertz CT molecular complexity index is 1030. The van der Waals surface area contributed by atoms with Gasteiger partial charge in [-0.3, -0.25) is 9.36 Å². The summed E-state index contributed by atoms with van der Waals surface area (Å²) in [6.45, 7) is 6.34. The molecule has 0 saturated heterocycles. The van der Waals surface area contributed by atoms with Crippen LogP contribution in [0.25, 0.3) is 11.0 Å². The van der Waals surface area contributed by atoms with Gasteiger partial charge in [0.25, 0.3) is 0 Å². The minimum absolute atomic E-state index is 0.0553. The molecule has 5 nitrogen and oxygen atoms in total. The lowest BCUT2D eigenvalue weighted by molar-refractivity contribution is -0.114. The van der Waals surface area contributed by atoms with Crippen molar-refractivity contribution in [2.75, 3.05) is 11.9 Å². The van der Waals surface area contributed by atoms with E-state index in [1.165, 1.54) is 0 Å². The molecule has 0 bridgehead atoms. The number of rotatable bonds is 5. The third kappa shape index (κ3) is 2.99. The Morgan fingerprint density at radius 3 is 2.63 bits per heavy atom. The molecule has 1 atom stereocenters. The van der Waals surface area contributed by atoms with Crippen molar-refractivity contribution in [2.24, 2.45) is 0 Å². The van der Waals surface area contributed by atoms with E-state index in [1.807, 2.05) is 55.5 Å². The maximum Gasteiger partial charge on any atom is 0.209 e. The topological polar surface area (TPSA) is 56.1 Å². The number of hydrogen-bond donors (Lipinski definition) is 1. The van der Waals surface area contributed by atoms with Crippen LogP contribution in [0, 0.1) is 0 Å². The van der Waals surface area contributed by atoms with E-state index < -0.39 is 0 Å².